The number of hydrogen-bond donors (Lipinski definition) is 2. The molecule has 1 amide bonds. The number of hydrogen-bond acceptors (Lipinski definition) is 7. The summed E-state index contributed by atoms with van der Waals surface area (Å²) < 4.78 is 7.30. The van der Waals surface area contributed by atoms with E-state index < -0.39 is 0 Å². The fourth-order valence-electron chi connectivity index (χ4n) is 5.78. The Balaban J connectivity index is 1.17. The van der Waals surface area contributed by atoms with Crippen LogP contribution in [0.5, 0.6) is 0 Å². The number of imidazole rings is 1. The molecule has 10 heteroatoms. The van der Waals surface area contributed by atoms with Crippen LogP contribution in [0.2, 0.25) is 0 Å². The topological polar surface area (TPSA) is 127 Å². The Morgan fingerprint density at radius 2 is 2.05 bits per heavy atom. The molecule has 4 heterocycles. The first-order valence-electron chi connectivity index (χ1n) is 14.0. The van der Waals surface area contributed by atoms with Gasteiger partial charge in [-0.2, -0.15) is 10.1 Å². The van der Waals surface area contributed by atoms with E-state index in [9.17, 15) is 4.79 Å². The molecule has 1 atom stereocenters. The van der Waals surface area contributed by atoms with Crippen LogP contribution in [0.4, 0.5) is 0 Å². The lowest BCUT2D eigenvalue weighted by Crippen LogP contribution is -2.31. The van der Waals surface area contributed by atoms with Gasteiger partial charge in [0.1, 0.15) is 5.82 Å². The van der Waals surface area contributed by atoms with Crippen molar-refractivity contribution in [3.05, 3.63) is 65.2 Å². The van der Waals surface area contributed by atoms with E-state index in [-0.39, 0.29) is 29.3 Å². The number of benzene rings is 1. The second-order valence-electron chi connectivity index (χ2n) is 11.6. The Morgan fingerprint density at radius 1 is 1.20 bits per heavy atom. The zero-order chi connectivity index (χ0) is 27.6. The molecule has 2 N–H and O–H groups in total. The Kier molecular flexibility index (Phi) is 5.62. The number of carbonyl (C=O) groups excluding carboxylic acids is 1. The first-order chi connectivity index (χ1) is 19.3. The van der Waals surface area contributed by atoms with Crippen molar-refractivity contribution in [1.82, 2.24) is 40.2 Å². The second-order valence-corrected chi connectivity index (χ2v) is 11.6. The van der Waals surface area contributed by atoms with Gasteiger partial charge in [0.25, 0.3) is 0 Å². The van der Waals surface area contributed by atoms with Gasteiger partial charge in [0.05, 0.1) is 23.3 Å². The lowest BCUT2D eigenvalue weighted by atomic mass is 9.85. The average molecular weight is 537 g/mol. The molecule has 5 aromatic rings. The molecule has 0 radical (unpaired) electrons. The van der Waals surface area contributed by atoms with Gasteiger partial charge in [-0.15, -0.1) is 0 Å². The van der Waals surface area contributed by atoms with Crippen molar-refractivity contribution in [2.24, 2.45) is 0 Å². The third kappa shape index (κ3) is 4.09. The quantitative estimate of drug-likeness (QED) is 0.288. The van der Waals surface area contributed by atoms with Crippen LogP contribution in [0.25, 0.3) is 33.7 Å². The van der Waals surface area contributed by atoms with Crippen LogP contribution >= 0.6 is 0 Å². The maximum Gasteiger partial charge on any atom is 0.315 e. The van der Waals surface area contributed by atoms with E-state index in [2.05, 4.69) is 76.4 Å². The zero-order valence-electron chi connectivity index (χ0n) is 23.2. The first-order valence-corrected chi connectivity index (χ1v) is 14.0. The summed E-state index contributed by atoms with van der Waals surface area (Å²) in [6.07, 6.45) is 8.51. The number of aromatic nitrogens is 7. The molecule has 1 aromatic carbocycles. The molecular formula is C30H32N8O2. The van der Waals surface area contributed by atoms with E-state index in [1.807, 2.05) is 16.9 Å². The van der Waals surface area contributed by atoms with Crippen LogP contribution in [-0.2, 0) is 11.8 Å². The number of aryl methyl sites for hydroxylation is 1. The maximum absolute atomic E-state index is 13.0. The van der Waals surface area contributed by atoms with Crippen molar-refractivity contribution in [3.63, 3.8) is 0 Å². The van der Waals surface area contributed by atoms with Crippen LogP contribution in [0.15, 0.2) is 41.2 Å². The molecule has 0 bridgehead atoms. The minimum Gasteiger partial charge on any atom is -0.341 e. The predicted molar refractivity (Wildman–Crippen MR) is 150 cm³/mol. The molecule has 0 aliphatic heterocycles. The summed E-state index contributed by atoms with van der Waals surface area (Å²) >= 11 is 0. The maximum atomic E-state index is 13.0. The third-order valence-electron chi connectivity index (χ3n) is 8.41. The van der Waals surface area contributed by atoms with Crippen LogP contribution in [0.1, 0.15) is 91.9 Å². The van der Waals surface area contributed by atoms with Crippen LogP contribution in [-0.4, -0.2) is 40.8 Å². The zero-order valence-corrected chi connectivity index (χ0v) is 23.2. The summed E-state index contributed by atoms with van der Waals surface area (Å²) in [4.78, 5) is 30.2. The van der Waals surface area contributed by atoms with Gasteiger partial charge in [-0.1, -0.05) is 30.3 Å². The van der Waals surface area contributed by atoms with E-state index in [1.54, 1.807) is 6.20 Å². The number of rotatable bonds is 6. The second kappa shape index (κ2) is 9.11. The summed E-state index contributed by atoms with van der Waals surface area (Å²) in [5.41, 5.74) is 8.04. The first kappa shape index (κ1) is 24.7. The molecule has 2 aliphatic rings. The number of nitrogens with zero attached hydrogens (tertiary/aromatic N) is 6. The summed E-state index contributed by atoms with van der Waals surface area (Å²) in [6, 6.07) is 8.65. The number of aromatic amines is 1. The predicted octanol–water partition coefficient (Wildman–Crippen LogP) is 5.62. The molecule has 0 unspecified atom stereocenters. The number of amides is 1. The molecule has 1 fully saturated rings. The SMILES string of the molecule is Cc1c(-c2nc3nccc(-c4ccc5c(c4)CCC[C@@H]5NC(=O)c4nc(C5(C)CC5)no4)c3[nH]2)cnn1C(C)C. The normalized spacial score (nSPS) is 17.8. The Bertz CT molecular complexity index is 1760. The fraction of sp³-hybridized carbons (Fsp3) is 0.400. The van der Waals surface area contributed by atoms with Gasteiger partial charge in [-0.3, -0.25) is 9.48 Å². The van der Waals surface area contributed by atoms with E-state index in [4.69, 9.17) is 9.51 Å². The number of nitrogens with one attached hydrogen (secondary N) is 2. The molecule has 0 spiro atoms. The summed E-state index contributed by atoms with van der Waals surface area (Å²) in [7, 11) is 0. The van der Waals surface area contributed by atoms with Crippen molar-refractivity contribution in [1.29, 1.82) is 0 Å². The van der Waals surface area contributed by atoms with Crippen molar-refractivity contribution < 1.29 is 9.32 Å². The van der Waals surface area contributed by atoms with Gasteiger partial charge in [-0.05, 0) is 75.6 Å². The molecule has 7 rings (SSSR count). The van der Waals surface area contributed by atoms with E-state index in [0.717, 1.165) is 71.4 Å². The molecule has 10 nitrogen and oxygen atoms in total. The largest absolute Gasteiger partial charge is 0.341 e. The monoisotopic (exact) mass is 536 g/mol. The van der Waals surface area contributed by atoms with E-state index in [0.29, 0.717) is 11.5 Å². The van der Waals surface area contributed by atoms with E-state index in [1.165, 1.54) is 5.56 Å². The van der Waals surface area contributed by atoms with Crippen LogP contribution < -0.4 is 5.32 Å². The van der Waals surface area contributed by atoms with Gasteiger partial charge in [0, 0.05) is 28.9 Å². The molecular weight excluding hydrogens is 504 g/mol. The number of carbonyl (C=O) groups is 1. The highest BCUT2D eigenvalue weighted by molar-refractivity contribution is 5.92. The molecule has 4 aromatic heterocycles. The highest BCUT2D eigenvalue weighted by atomic mass is 16.5. The van der Waals surface area contributed by atoms with E-state index >= 15 is 0 Å². The average Bonchev–Trinajstić information content (AvgIpc) is 3.33. The van der Waals surface area contributed by atoms with Gasteiger partial charge in [0.15, 0.2) is 11.5 Å². The molecule has 40 heavy (non-hydrogen) atoms. The van der Waals surface area contributed by atoms with Gasteiger partial charge in [-0.25, -0.2) is 9.97 Å². The summed E-state index contributed by atoms with van der Waals surface area (Å²) in [5.74, 6) is 1.11. The standard InChI is InChI=1S/C30H32N8O2/c1-16(2)38-17(3)22(15-32-38)25-34-24-21(10-13-31-26(24)35-25)19-8-9-20-18(14-19)6-5-7-23(20)33-27(39)28-36-29(37-40-28)30(4)11-12-30/h8-10,13-16,23H,5-7,11-12H2,1-4H3,(H,33,39)(H,31,34,35)/t23-/m0/s1. The lowest BCUT2D eigenvalue weighted by Gasteiger charge is -2.26. The van der Waals surface area contributed by atoms with Crippen molar-refractivity contribution >= 4 is 17.1 Å². The number of H-pyrrole nitrogens is 1. The summed E-state index contributed by atoms with van der Waals surface area (Å²) in [5, 5.41) is 11.7. The highest BCUT2D eigenvalue weighted by Gasteiger charge is 2.44. The minimum atomic E-state index is -0.318. The van der Waals surface area contributed by atoms with Crippen LogP contribution in [0, 0.1) is 6.92 Å². The number of pyridine rings is 1. The minimum absolute atomic E-state index is 0.0373. The van der Waals surface area contributed by atoms with Crippen molar-refractivity contribution in [2.45, 2.75) is 77.3 Å². The Morgan fingerprint density at radius 3 is 2.83 bits per heavy atom. The van der Waals surface area contributed by atoms with Crippen molar-refractivity contribution in [3.8, 4) is 22.5 Å². The molecule has 204 valence electrons. The Hall–Kier alpha value is -4.34. The Labute approximate surface area is 231 Å². The number of fused-ring (bicyclic) bond motifs is 2. The third-order valence-corrected chi connectivity index (χ3v) is 8.41. The van der Waals surface area contributed by atoms with Gasteiger partial charge < -0.3 is 14.8 Å². The molecule has 0 saturated heterocycles. The van der Waals surface area contributed by atoms with Crippen molar-refractivity contribution in [2.75, 3.05) is 0 Å². The van der Waals surface area contributed by atoms with Gasteiger partial charge in [0.2, 0.25) is 0 Å². The lowest BCUT2D eigenvalue weighted by molar-refractivity contribution is 0.0888. The van der Waals surface area contributed by atoms with Gasteiger partial charge >= 0.3 is 11.8 Å². The fourth-order valence-corrected chi connectivity index (χ4v) is 5.78. The molecule has 2 aliphatic carbocycles. The highest BCUT2D eigenvalue weighted by Crippen LogP contribution is 2.46. The molecule has 1 saturated carbocycles. The smallest absolute Gasteiger partial charge is 0.315 e. The summed E-state index contributed by atoms with van der Waals surface area (Å²) in [6.45, 7) is 8.39. The van der Waals surface area contributed by atoms with Crippen LogP contribution in [0.3, 0.4) is 0 Å².